The van der Waals surface area contributed by atoms with Crippen LogP contribution in [0.1, 0.15) is 48.0 Å². The highest BCUT2D eigenvalue weighted by Gasteiger charge is 2.29. The number of nitrogens with one attached hydrogen (secondary N) is 1. The van der Waals surface area contributed by atoms with E-state index in [0.29, 0.717) is 10.8 Å². The molecule has 0 bridgehead atoms. The van der Waals surface area contributed by atoms with E-state index in [0.717, 1.165) is 6.54 Å². The van der Waals surface area contributed by atoms with Gasteiger partial charge in [0.25, 0.3) is 0 Å². The van der Waals surface area contributed by atoms with Crippen LogP contribution in [0.15, 0.2) is 0 Å². The van der Waals surface area contributed by atoms with Gasteiger partial charge in [0.05, 0.1) is 0 Å². The summed E-state index contributed by atoms with van der Waals surface area (Å²) in [5.41, 5.74) is 0.247. The molecule has 0 spiro atoms. The van der Waals surface area contributed by atoms with Gasteiger partial charge in [0.15, 0.2) is 0 Å². The molecule has 3 heteroatoms. The van der Waals surface area contributed by atoms with Crippen molar-refractivity contribution in [3.63, 3.8) is 0 Å². The van der Waals surface area contributed by atoms with E-state index in [2.05, 4.69) is 63.5 Å². The second-order valence-electron chi connectivity index (χ2n) is 6.89. The zero-order valence-corrected chi connectivity index (χ0v) is 13.3. The van der Waals surface area contributed by atoms with Gasteiger partial charge in [0.1, 0.15) is 0 Å². The Morgan fingerprint density at radius 1 is 1.35 bits per heavy atom. The summed E-state index contributed by atoms with van der Waals surface area (Å²) in [7, 11) is 0. The average molecular weight is 258 g/mol. The molecule has 1 fully saturated rings. The lowest BCUT2D eigenvalue weighted by atomic mass is 10.1. The fraction of sp³-hybridized carbons (Fsp3) is 1.00. The molecular weight excluding hydrogens is 228 g/mol. The molecular formula is C14H30N2S. The van der Waals surface area contributed by atoms with E-state index in [-0.39, 0.29) is 5.54 Å². The Labute approximate surface area is 112 Å². The summed E-state index contributed by atoms with van der Waals surface area (Å²) in [4.78, 5) is 2.65. The zero-order valence-electron chi connectivity index (χ0n) is 12.5. The van der Waals surface area contributed by atoms with Crippen LogP contribution in [0.25, 0.3) is 0 Å². The quantitative estimate of drug-likeness (QED) is 0.834. The van der Waals surface area contributed by atoms with Crippen LogP contribution in [0.3, 0.4) is 0 Å². The molecule has 102 valence electrons. The first kappa shape index (κ1) is 15.3. The number of nitrogens with zero attached hydrogens (tertiary/aromatic N) is 1. The number of rotatable bonds is 4. The monoisotopic (exact) mass is 258 g/mol. The van der Waals surface area contributed by atoms with E-state index < -0.39 is 0 Å². The average Bonchev–Trinajstić information content (AvgIpc) is 2.13. The number of hydrogen-bond donors (Lipinski definition) is 1. The van der Waals surface area contributed by atoms with Crippen molar-refractivity contribution in [2.24, 2.45) is 0 Å². The summed E-state index contributed by atoms with van der Waals surface area (Å²) in [5.74, 6) is 1.28. The smallest absolute Gasteiger partial charge is 0.0231 e. The Bertz CT molecular complexity index is 233. The predicted octanol–water partition coefficient (Wildman–Crippen LogP) is 2.98. The molecule has 0 aliphatic carbocycles. The highest BCUT2D eigenvalue weighted by Crippen LogP contribution is 2.30. The molecule has 1 aliphatic heterocycles. The normalized spacial score (nSPS) is 23.6. The van der Waals surface area contributed by atoms with Crippen molar-refractivity contribution in [3.05, 3.63) is 0 Å². The third-order valence-electron chi connectivity index (χ3n) is 3.30. The summed E-state index contributed by atoms with van der Waals surface area (Å²) in [6.07, 6.45) is 1.25. The van der Waals surface area contributed by atoms with E-state index in [1.807, 2.05) is 0 Å². The fourth-order valence-corrected chi connectivity index (χ4v) is 3.40. The lowest BCUT2D eigenvalue weighted by molar-refractivity contribution is 0.187. The van der Waals surface area contributed by atoms with Gasteiger partial charge in [0, 0.05) is 35.2 Å². The van der Waals surface area contributed by atoms with Gasteiger partial charge in [-0.25, -0.2) is 0 Å². The van der Waals surface area contributed by atoms with Crippen molar-refractivity contribution in [2.75, 3.05) is 25.4 Å². The Balaban J connectivity index is 2.30. The van der Waals surface area contributed by atoms with E-state index in [4.69, 9.17) is 0 Å². The molecule has 1 unspecified atom stereocenters. The van der Waals surface area contributed by atoms with Crippen LogP contribution >= 0.6 is 11.8 Å². The minimum absolute atomic E-state index is 0.247. The summed E-state index contributed by atoms with van der Waals surface area (Å²) < 4.78 is 0.434. The lowest BCUT2D eigenvalue weighted by Gasteiger charge is -2.41. The molecule has 1 rings (SSSR count). The minimum Gasteiger partial charge on any atom is -0.312 e. The van der Waals surface area contributed by atoms with E-state index in [1.54, 1.807) is 0 Å². The highest BCUT2D eigenvalue weighted by molar-refractivity contribution is 8.00. The van der Waals surface area contributed by atoms with Crippen LogP contribution in [-0.2, 0) is 0 Å². The third-order valence-corrected chi connectivity index (χ3v) is 4.59. The minimum atomic E-state index is 0.247. The van der Waals surface area contributed by atoms with Gasteiger partial charge in [0.2, 0.25) is 0 Å². The molecule has 0 saturated carbocycles. The van der Waals surface area contributed by atoms with Crippen molar-refractivity contribution in [1.82, 2.24) is 10.2 Å². The van der Waals surface area contributed by atoms with E-state index in [9.17, 15) is 0 Å². The first-order valence-corrected chi connectivity index (χ1v) is 7.81. The Hall–Kier alpha value is 0.270. The van der Waals surface area contributed by atoms with Crippen LogP contribution in [0.4, 0.5) is 0 Å². The predicted molar refractivity (Wildman–Crippen MR) is 79.9 cm³/mol. The molecule has 0 aromatic carbocycles. The van der Waals surface area contributed by atoms with Crippen molar-refractivity contribution in [1.29, 1.82) is 0 Å². The molecule has 0 aromatic heterocycles. The molecule has 1 N–H and O–H groups in total. The Kier molecular flexibility index (Phi) is 5.36. The first-order valence-electron chi connectivity index (χ1n) is 6.83. The van der Waals surface area contributed by atoms with Crippen LogP contribution in [0, 0.1) is 0 Å². The molecule has 17 heavy (non-hydrogen) atoms. The third kappa shape index (κ3) is 6.12. The summed E-state index contributed by atoms with van der Waals surface area (Å²) >= 11 is 2.11. The molecule has 1 aliphatic rings. The van der Waals surface area contributed by atoms with Gasteiger partial charge >= 0.3 is 0 Å². The van der Waals surface area contributed by atoms with Crippen molar-refractivity contribution in [2.45, 2.75) is 64.3 Å². The summed E-state index contributed by atoms with van der Waals surface area (Å²) in [6, 6.07) is 0.699. The maximum absolute atomic E-state index is 3.58. The van der Waals surface area contributed by atoms with E-state index in [1.165, 1.54) is 25.3 Å². The first-order chi connectivity index (χ1) is 7.70. The highest BCUT2D eigenvalue weighted by atomic mass is 32.2. The van der Waals surface area contributed by atoms with Crippen LogP contribution < -0.4 is 5.32 Å². The van der Waals surface area contributed by atoms with Gasteiger partial charge in [-0.3, -0.25) is 4.90 Å². The molecule has 1 saturated heterocycles. The van der Waals surface area contributed by atoms with Crippen molar-refractivity contribution >= 4 is 11.8 Å². The second kappa shape index (κ2) is 5.94. The lowest BCUT2D eigenvalue weighted by Crippen LogP contribution is -2.48. The largest absolute Gasteiger partial charge is 0.312 e. The van der Waals surface area contributed by atoms with Crippen LogP contribution in [0.5, 0.6) is 0 Å². The topological polar surface area (TPSA) is 15.3 Å². The maximum atomic E-state index is 3.58. The van der Waals surface area contributed by atoms with Crippen molar-refractivity contribution in [3.8, 4) is 0 Å². The van der Waals surface area contributed by atoms with Gasteiger partial charge in [-0.05, 0) is 54.5 Å². The van der Waals surface area contributed by atoms with Crippen LogP contribution in [0.2, 0.25) is 0 Å². The molecule has 0 radical (unpaired) electrons. The number of hydrogen-bond acceptors (Lipinski definition) is 3. The molecule has 1 atom stereocenters. The van der Waals surface area contributed by atoms with Gasteiger partial charge < -0.3 is 5.32 Å². The van der Waals surface area contributed by atoms with Gasteiger partial charge in [-0.1, -0.05) is 0 Å². The maximum Gasteiger partial charge on any atom is 0.0231 e. The van der Waals surface area contributed by atoms with Gasteiger partial charge in [-0.2, -0.15) is 11.8 Å². The summed E-state index contributed by atoms with van der Waals surface area (Å²) in [5, 5.41) is 3.58. The Morgan fingerprint density at radius 2 is 2.00 bits per heavy atom. The van der Waals surface area contributed by atoms with E-state index >= 15 is 0 Å². The molecule has 0 aromatic rings. The Morgan fingerprint density at radius 3 is 2.53 bits per heavy atom. The molecule has 1 heterocycles. The SMILES string of the molecule is CC(CCNC(C)(C)C)N1CCSC(C)(C)C1. The standard InChI is InChI=1S/C14H30N2S/c1-12(7-8-15-13(2,3)4)16-9-10-17-14(5,6)11-16/h12,15H,7-11H2,1-6H3. The zero-order chi connectivity index (χ0) is 13.1. The fourth-order valence-electron chi connectivity index (χ4n) is 2.27. The molecule has 2 nitrogen and oxygen atoms in total. The van der Waals surface area contributed by atoms with Crippen LogP contribution in [-0.4, -0.2) is 46.6 Å². The second-order valence-corrected chi connectivity index (χ2v) is 8.70. The number of thioether (sulfide) groups is 1. The summed E-state index contributed by atoms with van der Waals surface area (Å²) in [6.45, 7) is 17.4. The van der Waals surface area contributed by atoms with Gasteiger partial charge in [-0.15, -0.1) is 0 Å². The molecule has 0 amide bonds. The van der Waals surface area contributed by atoms with Crippen molar-refractivity contribution < 1.29 is 0 Å².